The number of alkyl halides is 3. The van der Waals surface area contributed by atoms with Gasteiger partial charge in [0.2, 0.25) is 0 Å². The van der Waals surface area contributed by atoms with Crippen molar-refractivity contribution in [2.45, 2.75) is 24.8 Å². The van der Waals surface area contributed by atoms with Crippen molar-refractivity contribution in [3.05, 3.63) is 93.5 Å². The number of aliphatic hydroxyl groups is 2. The molecule has 2 amide bonds. The smallest absolute Gasteiger partial charge is 0.396 e. The number of piperidine rings is 1. The summed E-state index contributed by atoms with van der Waals surface area (Å²) in [7, 11) is 0. The van der Waals surface area contributed by atoms with Crippen molar-refractivity contribution in [3.63, 3.8) is 0 Å². The number of nitrogens with zero attached hydrogens (tertiary/aromatic N) is 2. The lowest BCUT2D eigenvalue weighted by Gasteiger charge is -2.33. The quantitative estimate of drug-likeness (QED) is 0.119. The van der Waals surface area contributed by atoms with Gasteiger partial charge in [-0.25, -0.2) is 5.43 Å². The Morgan fingerprint density at radius 1 is 1.05 bits per heavy atom. The maximum Gasteiger partial charge on any atom is 0.417 e. The molecule has 0 saturated carbocycles. The largest absolute Gasteiger partial charge is 0.417 e. The van der Waals surface area contributed by atoms with E-state index in [-0.39, 0.29) is 35.9 Å². The second-order valence-corrected chi connectivity index (χ2v) is 11.7. The first-order valence-electron chi connectivity index (χ1n) is 13.9. The van der Waals surface area contributed by atoms with Gasteiger partial charge in [-0.2, -0.15) is 30.0 Å². The number of rotatable bonds is 11. The minimum Gasteiger partial charge on any atom is -0.396 e. The molecule has 3 aromatic rings. The zero-order valence-electron chi connectivity index (χ0n) is 23.6. The van der Waals surface area contributed by atoms with Gasteiger partial charge in [0.1, 0.15) is 0 Å². The van der Waals surface area contributed by atoms with Gasteiger partial charge in [0.15, 0.2) is 0 Å². The third-order valence-corrected chi connectivity index (χ3v) is 8.44. The van der Waals surface area contributed by atoms with E-state index >= 15 is 0 Å². The predicted octanol–water partition coefficient (Wildman–Crippen LogP) is 5.81. The SMILES string of the molecule is O=C(Nc1ccc(N2CCC(CO)CC2)cc1C(=O)NN=Cc1ccc(Cl)c(C(F)(F)F)c1)c1cccc(CSCCO)c1. The van der Waals surface area contributed by atoms with E-state index in [1.807, 2.05) is 6.07 Å². The number of thioether (sulfide) groups is 1. The van der Waals surface area contributed by atoms with Gasteiger partial charge in [0.25, 0.3) is 11.8 Å². The average molecular weight is 649 g/mol. The number of carbonyl (C=O) groups is 2. The third kappa shape index (κ3) is 8.98. The van der Waals surface area contributed by atoms with Crippen LogP contribution in [0.15, 0.2) is 65.8 Å². The Morgan fingerprint density at radius 3 is 2.52 bits per heavy atom. The number of aliphatic hydroxyl groups excluding tert-OH is 2. The lowest BCUT2D eigenvalue weighted by Crippen LogP contribution is -2.35. The molecule has 13 heteroatoms. The Balaban J connectivity index is 1.56. The van der Waals surface area contributed by atoms with Crippen LogP contribution in [-0.2, 0) is 11.9 Å². The first-order chi connectivity index (χ1) is 21.1. The van der Waals surface area contributed by atoms with Crippen LogP contribution in [0.3, 0.4) is 0 Å². The van der Waals surface area contributed by atoms with Crippen LogP contribution in [0.2, 0.25) is 5.02 Å². The molecule has 4 N–H and O–H groups in total. The molecule has 8 nitrogen and oxygen atoms in total. The molecule has 44 heavy (non-hydrogen) atoms. The zero-order chi connectivity index (χ0) is 31.7. The highest BCUT2D eigenvalue weighted by Crippen LogP contribution is 2.35. The number of nitrogens with one attached hydrogen (secondary N) is 2. The average Bonchev–Trinajstić information content (AvgIpc) is 3.01. The van der Waals surface area contributed by atoms with Gasteiger partial charge >= 0.3 is 6.18 Å². The van der Waals surface area contributed by atoms with Gasteiger partial charge in [-0.15, -0.1) is 0 Å². The molecule has 0 radical (unpaired) electrons. The van der Waals surface area contributed by atoms with Gasteiger partial charge < -0.3 is 20.4 Å². The molecule has 1 aliphatic rings. The maximum atomic E-state index is 13.3. The molecule has 0 spiro atoms. The fourth-order valence-electron chi connectivity index (χ4n) is 4.72. The van der Waals surface area contributed by atoms with Crippen LogP contribution < -0.4 is 15.6 Å². The molecule has 1 fully saturated rings. The monoisotopic (exact) mass is 648 g/mol. The number of halogens is 4. The predicted molar refractivity (Wildman–Crippen MR) is 168 cm³/mol. The molecule has 0 bridgehead atoms. The Bertz CT molecular complexity index is 1500. The van der Waals surface area contributed by atoms with E-state index in [1.165, 1.54) is 17.8 Å². The summed E-state index contributed by atoms with van der Waals surface area (Å²) >= 11 is 7.22. The van der Waals surface area contributed by atoms with Crippen molar-refractivity contribution in [1.29, 1.82) is 0 Å². The summed E-state index contributed by atoms with van der Waals surface area (Å²) < 4.78 is 39.7. The molecule has 1 aliphatic heterocycles. The molecule has 3 aromatic carbocycles. The van der Waals surface area contributed by atoms with Crippen LogP contribution in [0.5, 0.6) is 0 Å². The number of amides is 2. The molecular formula is C31H32ClF3N4O4S. The summed E-state index contributed by atoms with van der Waals surface area (Å²) in [5.74, 6) is 0.290. The van der Waals surface area contributed by atoms with Crippen molar-refractivity contribution in [2.24, 2.45) is 11.0 Å². The van der Waals surface area contributed by atoms with Gasteiger partial charge in [-0.3, -0.25) is 9.59 Å². The van der Waals surface area contributed by atoms with Crippen LogP contribution >= 0.6 is 23.4 Å². The molecule has 0 atom stereocenters. The van der Waals surface area contributed by atoms with E-state index < -0.39 is 28.6 Å². The highest BCUT2D eigenvalue weighted by atomic mass is 35.5. The first-order valence-corrected chi connectivity index (χ1v) is 15.4. The molecular weight excluding hydrogens is 617 g/mol. The van der Waals surface area contributed by atoms with Crippen LogP contribution in [0.1, 0.15) is 50.2 Å². The van der Waals surface area contributed by atoms with Crippen molar-refractivity contribution in [2.75, 3.05) is 42.3 Å². The van der Waals surface area contributed by atoms with Gasteiger partial charge in [0, 0.05) is 42.5 Å². The summed E-state index contributed by atoms with van der Waals surface area (Å²) in [5, 5.41) is 24.7. The third-order valence-electron chi connectivity index (χ3n) is 7.10. The second kappa shape index (κ2) is 15.4. The number of benzene rings is 3. The standard InChI is InChI=1S/C31H32ClF3N4O4S/c32-27-6-4-21(15-26(27)31(33,34)35)17-36-38-30(43)25-16-24(39-10-8-20(18-41)9-11-39)5-7-28(25)37-29(42)23-3-1-2-22(14-23)19-44-13-12-40/h1-7,14-17,20,40-41H,8-13,18-19H2,(H,37,42)(H,38,43). The van der Waals surface area contributed by atoms with Crippen LogP contribution in [0, 0.1) is 5.92 Å². The Morgan fingerprint density at radius 2 is 1.82 bits per heavy atom. The van der Waals surface area contributed by atoms with E-state index in [4.69, 9.17) is 16.7 Å². The van der Waals surface area contributed by atoms with Gasteiger partial charge in [0.05, 0.1) is 34.7 Å². The summed E-state index contributed by atoms with van der Waals surface area (Å²) in [4.78, 5) is 28.6. The lowest BCUT2D eigenvalue weighted by atomic mass is 9.97. The molecule has 0 unspecified atom stereocenters. The summed E-state index contributed by atoms with van der Waals surface area (Å²) in [5.41, 5.74) is 3.77. The topological polar surface area (TPSA) is 114 Å². The first kappa shape index (κ1) is 33.3. The molecule has 1 saturated heterocycles. The van der Waals surface area contributed by atoms with E-state index in [9.17, 15) is 27.9 Å². The van der Waals surface area contributed by atoms with Crippen molar-refractivity contribution in [1.82, 2.24) is 5.43 Å². The summed E-state index contributed by atoms with van der Waals surface area (Å²) in [6.07, 6.45) is -2.00. The molecule has 0 aliphatic carbocycles. The lowest BCUT2D eigenvalue weighted by molar-refractivity contribution is -0.137. The fourth-order valence-corrected chi connectivity index (χ4v) is 5.63. The highest BCUT2D eigenvalue weighted by molar-refractivity contribution is 7.98. The van der Waals surface area contributed by atoms with E-state index in [2.05, 4.69) is 20.7 Å². The normalized spacial score (nSPS) is 14.2. The Hall–Kier alpha value is -3.58. The van der Waals surface area contributed by atoms with E-state index in [1.54, 1.807) is 36.4 Å². The van der Waals surface area contributed by atoms with Crippen LogP contribution in [0.4, 0.5) is 24.5 Å². The Labute approximate surface area is 262 Å². The molecule has 234 valence electrons. The van der Waals surface area contributed by atoms with E-state index in [0.717, 1.165) is 42.4 Å². The fraction of sp³-hybridized carbons (Fsp3) is 0.323. The van der Waals surface area contributed by atoms with E-state index in [0.29, 0.717) is 30.2 Å². The molecule has 0 aromatic heterocycles. The minimum absolute atomic E-state index is 0.0590. The number of carbonyl (C=O) groups excluding carboxylic acids is 2. The number of hydrogen-bond acceptors (Lipinski definition) is 7. The van der Waals surface area contributed by atoms with Crippen molar-refractivity contribution >= 4 is 52.8 Å². The number of anilines is 2. The second-order valence-electron chi connectivity index (χ2n) is 10.2. The van der Waals surface area contributed by atoms with Crippen molar-refractivity contribution in [3.8, 4) is 0 Å². The molecule has 4 rings (SSSR count). The van der Waals surface area contributed by atoms with Crippen LogP contribution in [0.25, 0.3) is 0 Å². The summed E-state index contributed by atoms with van der Waals surface area (Å²) in [6, 6.07) is 15.4. The zero-order valence-corrected chi connectivity index (χ0v) is 25.2. The van der Waals surface area contributed by atoms with Crippen molar-refractivity contribution < 1.29 is 33.0 Å². The Kier molecular flexibility index (Phi) is 11.7. The van der Waals surface area contributed by atoms with Crippen LogP contribution in [-0.4, -0.2) is 60.3 Å². The highest BCUT2D eigenvalue weighted by Gasteiger charge is 2.33. The summed E-state index contributed by atoms with van der Waals surface area (Å²) in [6.45, 7) is 1.53. The van der Waals surface area contributed by atoms with Gasteiger partial charge in [-0.1, -0.05) is 29.8 Å². The molecule has 1 heterocycles. The maximum absolute atomic E-state index is 13.3. The number of hydrazone groups is 1. The number of hydrogen-bond donors (Lipinski definition) is 4. The minimum atomic E-state index is -4.65. The van der Waals surface area contributed by atoms with Gasteiger partial charge in [-0.05, 0) is 72.4 Å².